The van der Waals surface area contributed by atoms with Gasteiger partial charge in [-0.1, -0.05) is 39.5 Å². The third-order valence-electron chi connectivity index (χ3n) is 4.13. The van der Waals surface area contributed by atoms with E-state index in [0.717, 1.165) is 25.7 Å². The first kappa shape index (κ1) is 15.0. The van der Waals surface area contributed by atoms with Gasteiger partial charge in [0.15, 0.2) is 0 Å². The van der Waals surface area contributed by atoms with Gasteiger partial charge in [-0.2, -0.15) is 5.26 Å². The molecule has 1 aliphatic carbocycles. The molecule has 4 nitrogen and oxygen atoms in total. The van der Waals surface area contributed by atoms with Crippen LogP contribution in [0.25, 0.3) is 0 Å². The Hall–Kier alpha value is -1.08. The maximum absolute atomic E-state index is 12.1. The molecule has 0 aromatic heterocycles. The van der Waals surface area contributed by atoms with Crippen LogP contribution in [0.3, 0.4) is 0 Å². The molecule has 0 radical (unpaired) electrons. The molecule has 1 aliphatic rings. The Kier molecular flexibility index (Phi) is 5.61. The topological polar surface area (TPSA) is 73.1 Å². The van der Waals surface area contributed by atoms with Crippen LogP contribution < -0.4 is 5.32 Å². The van der Waals surface area contributed by atoms with E-state index in [2.05, 4.69) is 11.4 Å². The minimum atomic E-state index is -0.854. The SMILES string of the molecule is CCC(C)C(O)CNC(=O)C1(C#N)CCCCC1. The summed E-state index contributed by atoms with van der Waals surface area (Å²) in [6.07, 6.45) is 4.62. The summed E-state index contributed by atoms with van der Waals surface area (Å²) in [5, 5.41) is 21.8. The number of nitrogens with zero attached hydrogens (tertiary/aromatic N) is 1. The van der Waals surface area contributed by atoms with Crippen LogP contribution in [0.4, 0.5) is 0 Å². The highest BCUT2D eigenvalue weighted by atomic mass is 16.3. The molecular weight excluding hydrogens is 228 g/mol. The maximum Gasteiger partial charge on any atom is 0.240 e. The lowest BCUT2D eigenvalue weighted by molar-refractivity contribution is -0.130. The third kappa shape index (κ3) is 3.46. The zero-order valence-corrected chi connectivity index (χ0v) is 11.4. The predicted octanol–water partition coefficient (Wildman–Crippen LogP) is 1.98. The molecule has 1 fully saturated rings. The number of hydrogen-bond acceptors (Lipinski definition) is 3. The fraction of sp³-hybridized carbons (Fsp3) is 0.857. The summed E-state index contributed by atoms with van der Waals surface area (Å²) in [4.78, 5) is 12.1. The van der Waals surface area contributed by atoms with Crippen molar-refractivity contribution in [2.75, 3.05) is 6.54 Å². The molecule has 0 aromatic rings. The lowest BCUT2D eigenvalue weighted by Crippen LogP contribution is -2.45. The second kappa shape index (κ2) is 6.75. The summed E-state index contributed by atoms with van der Waals surface area (Å²) in [7, 11) is 0. The molecule has 0 spiro atoms. The highest BCUT2D eigenvalue weighted by molar-refractivity contribution is 5.85. The van der Waals surface area contributed by atoms with Gasteiger partial charge in [0.2, 0.25) is 5.91 Å². The van der Waals surface area contributed by atoms with Crippen LogP contribution >= 0.6 is 0 Å². The summed E-state index contributed by atoms with van der Waals surface area (Å²) in [6.45, 7) is 4.21. The van der Waals surface area contributed by atoms with E-state index in [0.29, 0.717) is 12.8 Å². The molecule has 102 valence electrons. The van der Waals surface area contributed by atoms with E-state index >= 15 is 0 Å². The average molecular weight is 252 g/mol. The van der Waals surface area contributed by atoms with Crippen molar-refractivity contribution in [1.82, 2.24) is 5.32 Å². The fourth-order valence-electron chi connectivity index (χ4n) is 2.38. The van der Waals surface area contributed by atoms with Gasteiger partial charge >= 0.3 is 0 Å². The van der Waals surface area contributed by atoms with Gasteiger partial charge in [-0.25, -0.2) is 0 Å². The van der Waals surface area contributed by atoms with Gasteiger partial charge in [0.05, 0.1) is 12.2 Å². The Morgan fingerprint density at radius 1 is 1.44 bits per heavy atom. The highest BCUT2D eigenvalue weighted by Crippen LogP contribution is 2.35. The molecule has 0 bridgehead atoms. The quantitative estimate of drug-likeness (QED) is 0.785. The van der Waals surface area contributed by atoms with Gasteiger partial charge in [0.25, 0.3) is 0 Å². The zero-order valence-electron chi connectivity index (χ0n) is 11.4. The molecule has 0 aromatic carbocycles. The van der Waals surface area contributed by atoms with Crippen molar-refractivity contribution >= 4 is 5.91 Å². The molecule has 1 rings (SSSR count). The van der Waals surface area contributed by atoms with Crippen LogP contribution in [0.2, 0.25) is 0 Å². The fourth-order valence-corrected chi connectivity index (χ4v) is 2.38. The van der Waals surface area contributed by atoms with Gasteiger partial charge in [0, 0.05) is 6.54 Å². The van der Waals surface area contributed by atoms with Crippen LogP contribution in [-0.2, 0) is 4.79 Å². The summed E-state index contributed by atoms with van der Waals surface area (Å²) in [5.74, 6) is -0.0401. The number of aliphatic hydroxyl groups is 1. The Bertz CT molecular complexity index is 316. The van der Waals surface area contributed by atoms with E-state index in [1.54, 1.807) is 0 Å². The molecule has 0 saturated heterocycles. The Labute approximate surface area is 109 Å². The highest BCUT2D eigenvalue weighted by Gasteiger charge is 2.39. The molecule has 2 atom stereocenters. The second-order valence-electron chi connectivity index (χ2n) is 5.42. The number of aliphatic hydroxyl groups excluding tert-OH is 1. The number of hydrogen-bond donors (Lipinski definition) is 2. The van der Waals surface area contributed by atoms with Crippen molar-refractivity contribution in [3.8, 4) is 6.07 Å². The molecule has 0 heterocycles. The second-order valence-corrected chi connectivity index (χ2v) is 5.42. The number of rotatable bonds is 5. The van der Waals surface area contributed by atoms with Crippen molar-refractivity contribution in [3.63, 3.8) is 0 Å². The monoisotopic (exact) mass is 252 g/mol. The van der Waals surface area contributed by atoms with E-state index < -0.39 is 11.5 Å². The van der Waals surface area contributed by atoms with Crippen molar-refractivity contribution in [2.45, 2.75) is 58.5 Å². The van der Waals surface area contributed by atoms with Crippen LogP contribution in [-0.4, -0.2) is 23.7 Å². The maximum atomic E-state index is 12.1. The average Bonchev–Trinajstić information content (AvgIpc) is 2.43. The van der Waals surface area contributed by atoms with E-state index in [1.807, 2.05) is 13.8 Å². The number of nitriles is 1. The number of carbonyl (C=O) groups excluding carboxylic acids is 1. The molecular formula is C14H24N2O2. The summed E-state index contributed by atoms with van der Waals surface area (Å²) in [6, 6.07) is 2.19. The molecule has 2 N–H and O–H groups in total. The molecule has 2 unspecified atom stereocenters. The van der Waals surface area contributed by atoms with Gasteiger partial charge in [-0.15, -0.1) is 0 Å². The van der Waals surface area contributed by atoms with Gasteiger partial charge in [-0.3, -0.25) is 4.79 Å². The Balaban J connectivity index is 2.51. The predicted molar refractivity (Wildman–Crippen MR) is 69.6 cm³/mol. The summed E-state index contributed by atoms with van der Waals surface area (Å²) in [5.41, 5.74) is -0.854. The van der Waals surface area contributed by atoms with Gasteiger partial charge in [0.1, 0.15) is 5.41 Å². The first-order valence-corrected chi connectivity index (χ1v) is 6.93. The first-order valence-electron chi connectivity index (χ1n) is 6.93. The molecule has 1 saturated carbocycles. The van der Waals surface area contributed by atoms with E-state index in [9.17, 15) is 15.2 Å². The van der Waals surface area contributed by atoms with Crippen LogP contribution in [0, 0.1) is 22.7 Å². The van der Waals surface area contributed by atoms with Crippen LogP contribution in [0.15, 0.2) is 0 Å². The zero-order chi connectivity index (χ0) is 13.6. The van der Waals surface area contributed by atoms with E-state index in [1.165, 1.54) is 0 Å². The Morgan fingerprint density at radius 2 is 2.06 bits per heavy atom. The Morgan fingerprint density at radius 3 is 2.56 bits per heavy atom. The minimum Gasteiger partial charge on any atom is -0.391 e. The first-order chi connectivity index (χ1) is 8.55. The standard InChI is InChI=1S/C14H24N2O2/c1-3-11(2)12(17)9-16-13(18)14(10-15)7-5-4-6-8-14/h11-12,17H,3-9H2,1-2H3,(H,16,18). The van der Waals surface area contributed by atoms with E-state index in [-0.39, 0.29) is 18.4 Å². The molecule has 4 heteroatoms. The van der Waals surface area contributed by atoms with Crippen molar-refractivity contribution in [1.29, 1.82) is 5.26 Å². The van der Waals surface area contributed by atoms with E-state index in [4.69, 9.17) is 0 Å². The van der Waals surface area contributed by atoms with Crippen LogP contribution in [0.5, 0.6) is 0 Å². The van der Waals surface area contributed by atoms with Crippen molar-refractivity contribution in [3.05, 3.63) is 0 Å². The smallest absolute Gasteiger partial charge is 0.240 e. The van der Waals surface area contributed by atoms with Crippen molar-refractivity contribution in [2.24, 2.45) is 11.3 Å². The lowest BCUT2D eigenvalue weighted by Gasteiger charge is -2.30. The summed E-state index contributed by atoms with van der Waals surface area (Å²) < 4.78 is 0. The lowest BCUT2D eigenvalue weighted by atomic mass is 9.74. The molecule has 1 amide bonds. The minimum absolute atomic E-state index is 0.162. The normalized spacial score (nSPS) is 21.7. The third-order valence-corrected chi connectivity index (χ3v) is 4.13. The number of nitrogens with one attached hydrogen (secondary N) is 1. The van der Waals surface area contributed by atoms with Crippen LogP contribution in [0.1, 0.15) is 52.4 Å². The largest absolute Gasteiger partial charge is 0.391 e. The van der Waals surface area contributed by atoms with Crippen molar-refractivity contribution < 1.29 is 9.90 Å². The summed E-state index contributed by atoms with van der Waals surface area (Å²) >= 11 is 0. The van der Waals surface area contributed by atoms with Gasteiger partial charge in [-0.05, 0) is 18.8 Å². The molecule has 18 heavy (non-hydrogen) atoms. The number of carbonyl (C=O) groups is 1. The van der Waals surface area contributed by atoms with Gasteiger partial charge < -0.3 is 10.4 Å². The molecule has 0 aliphatic heterocycles. The number of amides is 1.